The van der Waals surface area contributed by atoms with Crippen LogP contribution in [0.25, 0.3) is 0 Å². The summed E-state index contributed by atoms with van der Waals surface area (Å²) in [5.74, 6) is -2.57. The van der Waals surface area contributed by atoms with Crippen molar-refractivity contribution in [3.8, 4) is 0 Å². The molecule has 5 rings (SSSR count). The minimum absolute atomic E-state index is 0.0265. The summed E-state index contributed by atoms with van der Waals surface area (Å²) in [6.45, 7) is 10.3. The molecule has 9 heteroatoms. The normalized spacial score (nSPS) is 48.6. The Bertz CT molecular complexity index is 730. The fourth-order valence-electron chi connectivity index (χ4n) is 5.89. The number of halogens is 3. The molecule has 0 aromatic carbocycles. The molecule has 5 aliphatic rings. The number of fused-ring (bicyclic) bond motifs is 2. The smallest absolute Gasteiger partial charge is 0.439 e. The number of hydrogen-bond donors (Lipinski definition) is 0. The highest BCUT2D eigenvalue weighted by Crippen LogP contribution is 2.64. The molecule has 0 N–H and O–H groups in total. The van der Waals surface area contributed by atoms with Gasteiger partial charge in [-0.1, -0.05) is 26.5 Å². The summed E-state index contributed by atoms with van der Waals surface area (Å²) in [7, 11) is 0. The molecule has 0 aromatic heterocycles. The highest BCUT2D eigenvalue weighted by atomic mass is 19.4. The van der Waals surface area contributed by atoms with Crippen molar-refractivity contribution in [3.63, 3.8) is 0 Å². The van der Waals surface area contributed by atoms with Crippen molar-refractivity contribution < 1.29 is 37.2 Å². The van der Waals surface area contributed by atoms with Gasteiger partial charge in [-0.25, -0.2) is 14.8 Å². The molecule has 4 aliphatic heterocycles. The Balaban J connectivity index is 1.83. The van der Waals surface area contributed by atoms with Crippen molar-refractivity contribution in [2.75, 3.05) is 6.61 Å². The fourth-order valence-corrected chi connectivity index (χ4v) is 5.89. The lowest BCUT2D eigenvalue weighted by molar-refractivity contribution is -0.583. The van der Waals surface area contributed by atoms with Crippen LogP contribution in [0.5, 0.6) is 0 Å². The minimum Gasteiger partial charge on any atom is -0.477 e. The first kappa shape index (κ1) is 22.0. The summed E-state index contributed by atoms with van der Waals surface area (Å²) in [6.07, 6.45) is -1.96. The Kier molecular flexibility index (Phi) is 5.28. The van der Waals surface area contributed by atoms with E-state index in [0.29, 0.717) is 12.8 Å². The second-order valence-corrected chi connectivity index (χ2v) is 9.24. The van der Waals surface area contributed by atoms with Gasteiger partial charge in [0.25, 0.3) is 5.72 Å². The molecule has 1 spiro atoms. The van der Waals surface area contributed by atoms with Crippen LogP contribution in [-0.4, -0.2) is 42.1 Å². The zero-order valence-corrected chi connectivity index (χ0v) is 17.8. The molecule has 2 bridgehead atoms. The lowest BCUT2D eigenvalue weighted by Gasteiger charge is -2.62. The number of nitrogens with zero attached hydrogens (tertiary/aromatic N) is 1. The van der Waals surface area contributed by atoms with Crippen LogP contribution in [0.1, 0.15) is 53.4 Å². The van der Waals surface area contributed by atoms with E-state index in [4.69, 9.17) is 24.0 Å². The Hall–Kier alpha value is -1.16. The molecule has 1 saturated carbocycles. The topological polar surface area (TPSA) is 58.5 Å². The van der Waals surface area contributed by atoms with Crippen molar-refractivity contribution in [1.82, 2.24) is 0 Å². The van der Waals surface area contributed by atoms with E-state index in [-0.39, 0.29) is 24.3 Å². The number of hydrogen-bond acceptors (Lipinski definition) is 6. The average Bonchev–Trinajstić information content (AvgIpc) is 2.89. The zero-order valence-electron chi connectivity index (χ0n) is 17.8. The molecule has 2 unspecified atom stereocenters. The Labute approximate surface area is 174 Å². The third-order valence-electron chi connectivity index (χ3n) is 7.42. The van der Waals surface area contributed by atoms with Gasteiger partial charge in [-0.15, -0.1) is 0 Å². The van der Waals surface area contributed by atoms with Crippen LogP contribution in [0, 0.1) is 23.7 Å². The molecular formula is C21H30F3NO5. The van der Waals surface area contributed by atoms with Crippen LogP contribution < -0.4 is 0 Å². The van der Waals surface area contributed by atoms with E-state index >= 15 is 0 Å². The summed E-state index contributed by atoms with van der Waals surface area (Å²) in [5, 5.41) is 0. The maximum Gasteiger partial charge on any atom is 0.439 e. The first-order valence-electron chi connectivity index (χ1n) is 10.6. The Morgan fingerprint density at radius 3 is 2.57 bits per heavy atom. The monoisotopic (exact) mass is 433 g/mol. The van der Waals surface area contributed by atoms with Gasteiger partial charge >= 0.3 is 6.18 Å². The highest BCUT2D eigenvalue weighted by molar-refractivity contribution is 5.73. The SMILES string of the molecule is C=CCOC(C)=N[C@@]1(C(F)(F)F)O[C@@H]2O[C@@]3(C)CCC4[C@H](C)CC[C@@H]([C@H]1C)C42OO3. The summed E-state index contributed by atoms with van der Waals surface area (Å²) in [6, 6.07) is 0. The summed E-state index contributed by atoms with van der Waals surface area (Å²) in [5.41, 5.74) is -3.89. The molecule has 0 radical (unpaired) electrons. The Morgan fingerprint density at radius 2 is 1.90 bits per heavy atom. The first-order chi connectivity index (χ1) is 14.0. The second kappa shape index (κ2) is 7.18. The molecular weight excluding hydrogens is 403 g/mol. The largest absolute Gasteiger partial charge is 0.477 e. The predicted octanol–water partition coefficient (Wildman–Crippen LogP) is 4.75. The van der Waals surface area contributed by atoms with Crippen LogP contribution >= 0.6 is 0 Å². The minimum atomic E-state index is -4.78. The number of aliphatic imine (C=N–C) groups is 1. The van der Waals surface area contributed by atoms with Crippen molar-refractivity contribution in [1.29, 1.82) is 0 Å². The summed E-state index contributed by atoms with van der Waals surface area (Å²) < 4.78 is 60.9. The van der Waals surface area contributed by atoms with Gasteiger partial charge < -0.3 is 14.2 Å². The van der Waals surface area contributed by atoms with Crippen LogP contribution in [0.3, 0.4) is 0 Å². The summed E-state index contributed by atoms with van der Waals surface area (Å²) in [4.78, 5) is 15.6. The summed E-state index contributed by atoms with van der Waals surface area (Å²) >= 11 is 0. The van der Waals surface area contributed by atoms with Gasteiger partial charge in [-0.2, -0.15) is 13.2 Å². The lowest BCUT2D eigenvalue weighted by atomic mass is 9.56. The van der Waals surface area contributed by atoms with Crippen molar-refractivity contribution in [2.24, 2.45) is 28.7 Å². The van der Waals surface area contributed by atoms with Crippen LogP contribution in [0.15, 0.2) is 17.6 Å². The van der Waals surface area contributed by atoms with Gasteiger partial charge in [0, 0.05) is 25.2 Å². The van der Waals surface area contributed by atoms with Crippen LogP contribution in [0.4, 0.5) is 13.2 Å². The van der Waals surface area contributed by atoms with Crippen molar-refractivity contribution in [3.05, 3.63) is 12.7 Å². The average molecular weight is 433 g/mol. The maximum atomic E-state index is 14.6. The molecule has 0 aromatic rings. The van der Waals surface area contributed by atoms with Gasteiger partial charge in [0.15, 0.2) is 17.8 Å². The number of alkyl halides is 3. The van der Waals surface area contributed by atoms with Gasteiger partial charge in [-0.05, 0) is 38.0 Å². The van der Waals surface area contributed by atoms with E-state index in [9.17, 15) is 13.2 Å². The highest BCUT2D eigenvalue weighted by Gasteiger charge is 2.76. The fraction of sp³-hybridized carbons (Fsp3) is 0.857. The zero-order chi connectivity index (χ0) is 21.9. The van der Waals surface area contributed by atoms with Crippen LogP contribution in [0.2, 0.25) is 0 Å². The molecule has 30 heavy (non-hydrogen) atoms. The molecule has 170 valence electrons. The van der Waals surface area contributed by atoms with Gasteiger partial charge in [0.05, 0.1) is 0 Å². The van der Waals surface area contributed by atoms with E-state index in [2.05, 4.69) is 18.5 Å². The van der Waals surface area contributed by atoms with E-state index in [1.54, 1.807) is 6.92 Å². The molecule has 0 amide bonds. The quantitative estimate of drug-likeness (QED) is 0.278. The molecule has 1 aliphatic carbocycles. The third kappa shape index (κ3) is 3.04. The van der Waals surface area contributed by atoms with Crippen LogP contribution in [-0.2, 0) is 24.0 Å². The maximum absolute atomic E-state index is 14.6. The van der Waals surface area contributed by atoms with E-state index < -0.39 is 41.4 Å². The van der Waals surface area contributed by atoms with Gasteiger partial charge in [0.1, 0.15) is 6.61 Å². The van der Waals surface area contributed by atoms with Gasteiger partial charge in [0.2, 0.25) is 5.79 Å². The number of rotatable bonds is 3. The third-order valence-corrected chi connectivity index (χ3v) is 7.42. The van der Waals surface area contributed by atoms with Crippen molar-refractivity contribution in [2.45, 2.75) is 83.0 Å². The van der Waals surface area contributed by atoms with E-state index in [1.807, 2.05) is 0 Å². The van der Waals surface area contributed by atoms with E-state index in [1.165, 1.54) is 19.9 Å². The lowest BCUT2D eigenvalue weighted by Crippen LogP contribution is -2.75. The molecule has 4 heterocycles. The van der Waals surface area contributed by atoms with Gasteiger partial charge in [-0.3, -0.25) is 0 Å². The second-order valence-electron chi connectivity index (χ2n) is 9.24. The number of ether oxygens (including phenoxy) is 3. The molecule has 8 atom stereocenters. The first-order valence-corrected chi connectivity index (χ1v) is 10.6. The van der Waals surface area contributed by atoms with Crippen molar-refractivity contribution >= 4 is 5.90 Å². The molecule has 4 saturated heterocycles. The molecule has 6 nitrogen and oxygen atoms in total. The Morgan fingerprint density at radius 1 is 1.17 bits per heavy atom. The van der Waals surface area contributed by atoms with E-state index in [0.717, 1.165) is 12.8 Å². The standard InChI is InChI=1S/C21H30F3NO5/c1-6-11-26-14(4)25-20(21(22,23)24)13(3)16-8-7-12(2)15-9-10-18(5)27-17(28-20)19(15,16)30-29-18/h6,12-13,15-17H,1,7-11H2,2-5H3/t12-,13-,15?,16+,17+,18-,19?,20-/m1/s1. The molecule has 5 fully saturated rings. The predicted molar refractivity (Wildman–Crippen MR) is 101 cm³/mol.